The topological polar surface area (TPSA) is 80.4 Å². The summed E-state index contributed by atoms with van der Waals surface area (Å²) < 4.78 is 7.39. The second kappa shape index (κ2) is 7.09. The minimum atomic E-state index is -0.229. The number of ether oxygens (including phenoxy) is 1. The molecule has 28 heavy (non-hydrogen) atoms. The predicted octanol–water partition coefficient (Wildman–Crippen LogP) is 4.57. The first kappa shape index (κ1) is 18.2. The number of rotatable bonds is 4. The Kier molecular flexibility index (Phi) is 4.60. The molecular weight excluding hydrogens is 374 g/mol. The molecule has 4 aromatic rings. The van der Waals surface area contributed by atoms with Crippen LogP contribution in [0, 0.1) is 0 Å². The van der Waals surface area contributed by atoms with Gasteiger partial charge in [0.05, 0.1) is 11.8 Å². The second-order valence-electron chi connectivity index (χ2n) is 6.70. The van der Waals surface area contributed by atoms with E-state index in [0.29, 0.717) is 16.4 Å². The molecule has 3 aromatic carbocycles. The van der Waals surface area contributed by atoms with Crippen LogP contribution in [0.1, 0.15) is 13.8 Å². The van der Waals surface area contributed by atoms with E-state index in [1.54, 1.807) is 10.7 Å². The number of aromatic hydroxyl groups is 2. The molecule has 2 N–H and O–H groups in total. The minimum absolute atomic E-state index is 0.0949. The van der Waals surface area contributed by atoms with Crippen LogP contribution < -0.4 is 4.74 Å². The SMILES string of the molecule is CC(C)Oc1ccc2c(-c3c(S)nnn3-c3ccc(O)c(O)c3)cccc2c1. The molecule has 0 aliphatic rings. The molecule has 4 rings (SSSR count). The monoisotopic (exact) mass is 393 g/mol. The molecule has 0 atom stereocenters. The highest BCUT2D eigenvalue weighted by Crippen LogP contribution is 2.36. The fourth-order valence-electron chi connectivity index (χ4n) is 3.15. The van der Waals surface area contributed by atoms with Crippen LogP contribution in [0.2, 0.25) is 0 Å². The molecule has 142 valence electrons. The molecule has 0 bridgehead atoms. The molecule has 0 spiro atoms. The highest BCUT2D eigenvalue weighted by Gasteiger charge is 2.17. The van der Waals surface area contributed by atoms with Crippen LogP contribution in [0.15, 0.2) is 59.6 Å². The van der Waals surface area contributed by atoms with Crippen molar-refractivity contribution in [2.24, 2.45) is 0 Å². The molecule has 0 radical (unpaired) electrons. The van der Waals surface area contributed by atoms with E-state index in [4.69, 9.17) is 4.74 Å². The summed E-state index contributed by atoms with van der Waals surface area (Å²) >= 11 is 4.49. The van der Waals surface area contributed by atoms with Crippen LogP contribution in [-0.2, 0) is 0 Å². The Balaban J connectivity index is 1.89. The van der Waals surface area contributed by atoms with Crippen molar-refractivity contribution in [3.05, 3.63) is 54.6 Å². The number of benzene rings is 3. The normalized spacial score (nSPS) is 11.3. The van der Waals surface area contributed by atoms with Gasteiger partial charge in [-0.15, -0.1) is 17.7 Å². The molecule has 0 saturated carbocycles. The van der Waals surface area contributed by atoms with Gasteiger partial charge in [-0.2, -0.15) is 0 Å². The summed E-state index contributed by atoms with van der Waals surface area (Å²) in [6.07, 6.45) is 0.0949. The van der Waals surface area contributed by atoms with Crippen LogP contribution in [0.4, 0.5) is 0 Å². The quantitative estimate of drug-likeness (QED) is 0.349. The van der Waals surface area contributed by atoms with Crippen molar-refractivity contribution in [1.29, 1.82) is 0 Å². The minimum Gasteiger partial charge on any atom is -0.504 e. The van der Waals surface area contributed by atoms with Crippen LogP contribution in [0.5, 0.6) is 17.2 Å². The van der Waals surface area contributed by atoms with Gasteiger partial charge in [0.15, 0.2) is 11.5 Å². The van der Waals surface area contributed by atoms with Gasteiger partial charge in [0.2, 0.25) is 0 Å². The van der Waals surface area contributed by atoms with Crippen molar-refractivity contribution in [2.45, 2.75) is 25.0 Å². The third-order valence-electron chi connectivity index (χ3n) is 4.33. The number of hydrogen-bond acceptors (Lipinski definition) is 6. The van der Waals surface area contributed by atoms with Gasteiger partial charge in [-0.05, 0) is 48.9 Å². The molecule has 0 amide bonds. The van der Waals surface area contributed by atoms with Gasteiger partial charge in [-0.1, -0.05) is 29.5 Å². The lowest BCUT2D eigenvalue weighted by atomic mass is 10.0. The van der Waals surface area contributed by atoms with E-state index in [1.165, 1.54) is 12.1 Å². The van der Waals surface area contributed by atoms with E-state index in [-0.39, 0.29) is 17.6 Å². The summed E-state index contributed by atoms with van der Waals surface area (Å²) in [7, 11) is 0. The maximum absolute atomic E-state index is 9.86. The van der Waals surface area contributed by atoms with E-state index in [1.807, 2.05) is 50.2 Å². The van der Waals surface area contributed by atoms with Gasteiger partial charge >= 0.3 is 0 Å². The predicted molar refractivity (Wildman–Crippen MR) is 111 cm³/mol. The van der Waals surface area contributed by atoms with Crippen molar-refractivity contribution in [3.63, 3.8) is 0 Å². The van der Waals surface area contributed by atoms with Crippen LogP contribution >= 0.6 is 12.6 Å². The summed E-state index contributed by atoms with van der Waals surface area (Å²) in [6.45, 7) is 3.98. The van der Waals surface area contributed by atoms with Gasteiger partial charge in [0, 0.05) is 11.6 Å². The largest absolute Gasteiger partial charge is 0.504 e. The molecular formula is C21H19N3O3S. The Morgan fingerprint density at radius 2 is 1.82 bits per heavy atom. The Labute approximate surface area is 167 Å². The Morgan fingerprint density at radius 1 is 1.00 bits per heavy atom. The molecule has 6 nitrogen and oxygen atoms in total. The smallest absolute Gasteiger partial charge is 0.159 e. The van der Waals surface area contributed by atoms with Gasteiger partial charge in [0.25, 0.3) is 0 Å². The summed E-state index contributed by atoms with van der Waals surface area (Å²) in [5, 5.41) is 30.2. The van der Waals surface area contributed by atoms with E-state index in [9.17, 15) is 10.2 Å². The van der Waals surface area contributed by atoms with E-state index >= 15 is 0 Å². The number of phenols is 2. The van der Waals surface area contributed by atoms with Gasteiger partial charge in [0.1, 0.15) is 16.5 Å². The molecule has 1 heterocycles. The van der Waals surface area contributed by atoms with Gasteiger partial charge in [-0.3, -0.25) is 0 Å². The van der Waals surface area contributed by atoms with E-state index in [2.05, 4.69) is 22.9 Å². The van der Waals surface area contributed by atoms with Crippen molar-refractivity contribution in [2.75, 3.05) is 0 Å². The molecule has 0 aliphatic heterocycles. The van der Waals surface area contributed by atoms with Crippen LogP contribution in [0.25, 0.3) is 27.7 Å². The van der Waals surface area contributed by atoms with Crippen LogP contribution in [-0.4, -0.2) is 31.3 Å². The lowest BCUT2D eigenvalue weighted by Gasteiger charge is -2.13. The highest BCUT2D eigenvalue weighted by atomic mass is 32.1. The number of phenolic OH excluding ortho intramolecular Hbond substituents is 2. The molecule has 0 fully saturated rings. The second-order valence-corrected chi connectivity index (χ2v) is 7.13. The van der Waals surface area contributed by atoms with Crippen molar-refractivity contribution in [3.8, 4) is 34.2 Å². The Bertz CT molecular complexity index is 1170. The maximum atomic E-state index is 9.86. The van der Waals surface area contributed by atoms with E-state index in [0.717, 1.165) is 22.1 Å². The zero-order valence-corrected chi connectivity index (χ0v) is 16.3. The summed E-state index contributed by atoms with van der Waals surface area (Å²) in [4.78, 5) is 0. The maximum Gasteiger partial charge on any atom is 0.159 e. The third kappa shape index (κ3) is 3.25. The molecule has 7 heteroatoms. The van der Waals surface area contributed by atoms with Gasteiger partial charge < -0.3 is 14.9 Å². The fraction of sp³-hybridized carbons (Fsp3) is 0.143. The molecule has 0 saturated heterocycles. The zero-order valence-electron chi connectivity index (χ0n) is 15.4. The summed E-state index contributed by atoms with van der Waals surface area (Å²) in [5.41, 5.74) is 2.16. The van der Waals surface area contributed by atoms with E-state index < -0.39 is 0 Å². The number of fused-ring (bicyclic) bond motifs is 1. The third-order valence-corrected chi connectivity index (χ3v) is 4.64. The number of hydrogen-bond donors (Lipinski definition) is 3. The summed E-state index contributed by atoms with van der Waals surface area (Å²) in [5.74, 6) is 0.383. The zero-order chi connectivity index (χ0) is 19.8. The Hall–Kier alpha value is -3.19. The molecule has 0 aliphatic carbocycles. The highest BCUT2D eigenvalue weighted by molar-refractivity contribution is 7.80. The van der Waals surface area contributed by atoms with Crippen molar-refractivity contribution in [1.82, 2.24) is 15.0 Å². The molecule has 0 unspecified atom stereocenters. The number of aromatic nitrogens is 3. The number of thiol groups is 1. The lowest BCUT2D eigenvalue weighted by Crippen LogP contribution is -2.05. The first-order valence-corrected chi connectivity index (χ1v) is 9.25. The summed E-state index contributed by atoms with van der Waals surface area (Å²) in [6, 6.07) is 16.4. The molecule has 1 aromatic heterocycles. The number of nitrogens with zero attached hydrogens (tertiary/aromatic N) is 3. The average Bonchev–Trinajstić information content (AvgIpc) is 3.04. The standard InChI is InChI=1S/C21H19N3O3S/c1-12(2)27-15-7-8-16-13(10-15)4-3-5-17(16)20-21(28)22-23-24(20)14-6-9-18(25)19(26)11-14/h3-12,25-26,28H,1-2H3. The lowest BCUT2D eigenvalue weighted by molar-refractivity contribution is 0.243. The Morgan fingerprint density at radius 3 is 2.57 bits per heavy atom. The average molecular weight is 393 g/mol. The first-order valence-electron chi connectivity index (χ1n) is 8.81. The fourth-order valence-corrected chi connectivity index (χ4v) is 3.40. The van der Waals surface area contributed by atoms with Crippen molar-refractivity contribution >= 4 is 23.4 Å². The van der Waals surface area contributed by atoms with Gasteiger partial charge in [-0.25, -0.2) is 4.68 Å². The van der Waals surface area contributed by atoms with Crippen LogP contribution in [0.3, 0.4) is 0 Å². The first-order chi connectivity index (χ1) is 13.4. The van der Waals surface area contributed by atoms with Crippen molar-refractivity contribution < 1.29 is 14.9 Å².